The van der Waals surface area contributed by atoms with E-state index in [9.17, 15) is 0 Å². The van der Waals surface area contributed by atoms with Crippen LogP contribution in [0.5, 0.6) is 11.5 Å². The summed E-state index contributed by atoms with van der Waals surface area (Å²) in [4.78, 5) is 9.09. The van der Waals surface area contributed by atoms with Crippen molar-refractivity contribution < 1.29 is 9.47 Å². The van der Waals surface area contributed by atoms with Crippen LogP contribution < -0.4 is 9.47 Å². The Kier molecular flexibility index (Phi) is 12.3. The molecular formula is C30H46N2O2. The molecule has 2 aromatic rings. The minimum absolute atomic E-state index is 0.324. The molecular weight excluding hydrogens is 420 g/mol. The molecule has 0 spiro atoms. The van der Waals surface area contributed by atoms with E-state index in [1.54, 1.807) is 12.4 Å². The molecule has 3 rings (SSSR count). The van der Waals surface area contributed by atoms with Gasteiger partial charge in [0.2, 0.25) is 0 Å². The van der Waals surface area contributed by atoms with E-state index in [4.69, 9.17) is 9.47 Å². The SMILES string of the molecule is CCCCCCCCCCOc1cnc(-c2ccc3c(c2)OC(CCCCCCCC)C3)nc1. The number of fused-ring (bicyclic) bond motifs is 1. The van der Waals surface area contributed by atoms with Gasteiger partial charge in [0, 0.05) is 12.0 Å². The number of hydrogen-bond acceptors (Lipinski definition) is 4. The second-order valence-corrected chi connectivity index (χ2v) is 9.89. The van der Waals surface area contributed by atoms with Gasteiger partial charge in [0.1, 0.15) is 11.9 Å². The van der Waals surface area contributed by atoms with Gasteiger partial charge in [-0.2, -0.15) is 0 Å². The van der Waals surface area contributed by atoms with Gasteiger partial charge in [-0.1, -0.05) is 103 Å². The molecule has 4 nitrogen and oxygen atoms in total. The topological polar surface area (TPSA) is 44.2 Å². The van der Waals surface area contributed by atoms with E-state index >= 15 is 0 Å². The van der Waals surface area contributed by atoms with Crippen LogP contribution in [0.25, 0.3) is 11.4 Å². The van der Waals surface area contributed by atoms with Crippen LogP contribution in [-0.2, 0) is 6.42 Å². The molecule has 1 aromatic carbocycles. The number of benzene rings is 1. The Morgan fingerprint density at radius 3 is 2.09 bits per heavy atom. The zero-order valence-electron chi connectivity index (χ0n) is 21.7. The van der Waals surface area contributed by atoms with Gasteiger partial charge in [0.15, 0.2) is 11.6 Å². The van der Waals surface area contributed by atoms with Crippen molar-refractivity contribution in [3.05, 3.63) is 36.2 Å². The van der Waals surface area contributed by atoms with E-state index in [-0.39, 0.29) is 0 Å². The summed E-state index contributed by atoms with van der Waals surface area (Å²) in [5.74, 6) is 2.49. The molecule has 0 N–H and O–H groups in total. The van der Waals surface area contributed by atoms with Crippen LogP contribution in [-0.4, -0.2) is 22.7 Å². The average molecular weight is 467 g/mol. The first-order chi connectivity index (χ1) is 16.8. The second-order valence-electron chi connectivity index (χ2n) is 9.89. The van der Waals surface area contributed by atoms with Gasteiger partial charge in [-0.25, -0.2) is 9.97 Å². The molecule has 1 atom stereocenters. The average Bonchev–Trinajstić information content (AvgIpc) is 3.27. The third kappa shape index (κ3) is 9.27. The van der Waals surface area contributed by atoms with Crippen molar-refractivity contribution in [2.24, 2.45) is 0 Å². The molecule has 0 aliphatic carbocycles. The van der Waals surface area contributed by atoms with Crippen molar-refractivity contribution in [3.63, 3.8) is 0 Å². The molecule has 0 bridgehead atoms. The van der Waals surface area contributed by atoms with Crippen molar-refractivity contribution in [1.29, 1.82) is 0 Å². The standard InChI is InChI=1S/C30H46N2O2/c1-3-5-7-9-11-12-14-16-20-33-28-23-31-30(32-24-28)26-19-18-25-21-27(34-29(25)22-26)17-15-13-10-8-6-4-2/h18-19,22-24,27H,3-17,20-21H2,1-2H3. The van der Waals surface area contributed by atoms with Crippen molar-refractivity contribution in [2.45, 2.75) is 123 Å². The summed E-state index contributed by atoms with van der Waals surface area (Å²) < 4.78 is 12.1. The third-order valence-corrected chi connectivity index (χ3v) is 6.84. The highest BCUT2D eigenvalue weighted by atomic mass is 16.5. The maximum absolute atomic E-state index is 6.25. The first kappa shape index (κ1) is 26.5. The van der Waals surface area contributed by atoms with Crippen molar-refractivity contribution in [2.75, 3.05) is 6.61 Å². The quantitative estimate of drug-likeness (QED) is 0.206. The summed E-state index contributed by atoms with van der Waals surface area (Å²) in [5, 5.41) is 0. The highest BCUT2D eigenvalue weighted by molar-refractivity contribution is 5.60. The summed E-state index contributed by atoms with van der Waals surface area (Å²) in [6.45, 7) is 5.27. The number of rotatable bonds is 18. The lowest BCUT2D eigenvalue weighted by Crippen LogP contribution is -2.12. The minimum atomic E-state index is 0.324. The molecule has 0 saturated carbocycles. The lowest BCUT2D eigenvalue weighted by molar-refractivity contribution is 0.216. The first-order valence-electron chi connectivity index (χ1n) is 14.0. The van der Waals surface area contributed by atoms with Gasteiger partial charge in [-0.3, -0.25) is 0 Å². The third-order valence-electron chi connectivity index (χ3n) is 6.84. The Hall–Kier alpha value is -2.10. The molecule has 188 valence electrons. The van der Waals surface area contributed by atoms with Crippen LogP contribution in [0.4, 0.5) is 0 Å². The van der Waals surface area contributed by atoms with E-state index in [1.807, 2.05) is 0 Å². The molecule has 1 aliphatic heterocycles. The van der Waals surface area contributed by atoms with Crippen LogP contribution >= 0.6 is 0 Å². The molecule has 0 radical (unpaired) electrons. The van der Waals surface area contributed by atoms with Crippen LogP contribution in [0.15, 0.2) is 30.6 Å². The number of ether oxygens (including phenoxy) is 2. The van der Waals surface area contributed by atoms with Crippen molar-refractivity contribution in [3.8, 4) is 22.9 Å². The smallest absolute Gasteiger partial charge is 0.159 e. The van der Waals surface area contributed by atoms with Gasteiger partial charge in [0.25, 0.3) is 0 Å². The van der Waals surface area contributed by atoms with Crippen LogP contribution in [0, 0.1) is 0 Å². The van der Waals surface area contributed by atoms with Crippen molar-refractivity contribution >= 4 is 0 Å². The fraction of sp³-hybridized carbons (Fsp3) is 0.667. The second kappa shape index (κ2) is 15.7. The van der Waals surface area contributed by atoms with Crippen molar-refractivity contribution in [1.82, 2.24) is 9.97 Å². The molecule has 34 heavy (non-hydrogen) atoms. The van der Waals surface area contributed by atoms with Gasteiger partial charge < -0.3 is 9.47 Å². The fourth-order valence-corrected chi connectivity index (χ4v) is 4.72. The number of hydrogen-bond donors (Lipinski definition) is 0. The molecule has 1 aliphatic rings. The van der Waals surface area contributed by atoms with Gasteiger partial charge >= 0.3 is 0 Å². The molecule has 1 aromatic heterocycles. The highest BCUT2D eigenvalue weighted by Gasteiger charge is 2.23. The van der Waals surface area contributed by atoms with E-state index in [1.165, 1.54) is 89.0 Å². The summed E-state index contributed by atoms with van der Waals surface area (Å²) in [7, 11) is 0. The Morgan fingerprint density at radius 1 is 0.794 bits per heavy atom. The summed E-state index contributed by atoms with van der Waals surface area (Å²) in [6, 6.07) is 6.40. The number of nitrogens with zero attached hydrogens (tertiary/aromatic N) is 2. The monoisotopic (exact) mass is 466 g/mol. The highest BCUT2D eigenvalue weighted by Crippen LogP contribution is 2.34. The fourth-order valence-electron chi connectivity index (χ4n) is 4.72. The zero-order valence-corrected chi connectivity index (χ0v) is 21.7. The van der Waals surface area contributed by atoms with E-state index in [2.05, 4.69) is 42.0 Å². The Morgan fingerprint density at radius 2 is 1.41 bits per heavy atom. The number of aromatic nitrogens is 2. The maximum Gasteiger partial charge on any atom is 0.159 e. The minimum Gasteiger partial charge on any atom is -0.490 e. The maximum atomic E-state index is 6.25. The summed E-state index contributed by atoms with van der Waals surface area (Å²) in [5.41, 5.74) is 2.32. The molecule has 1 unspecified atom stereocenters. The van der Waals surface area contributed by atoms with E-state index in [0.29, 0.717) is 6.10 Å². The Labute approximate surface area is 207 Å². The molecule has 0 saturated heterocycles. The predicted molar refractivity (Wildman–Crippen MR) is 142 cm³/mol. The molecule has 4 heteroatoms. The largest absolute Gasteiger partial charge is 0.490 e. The van der Waals surface area contributed by atoms with Gasteiger partial charge in [-0.15, -0.1) is 0 Å². The lowest BCUT2D eigenvalue weighted by Gasteiger charge is -2.10. The lowest BCUT2D eigenvalue weighted by atomic mass is 10.0. The van der Waals surface area contributed by atoms with Gasteiger partial charge in [0.05, 0.1) is 19.0 Å². The molecule has 0 fully saturated rings. The van der Waals surface area contributed by atoms with E-state index in [0.717, 1.165) is 48.8 Å². The predicted octanol–water partition coefficient (Wildman–Crippen LogP) is 8.72. The Balaban J connectivity index is 1.35. The van der Waals surface area contributed by atoms with Crippen LogP contribution in [0.1, 0.15) is 116 Å². The summed E-state index contributed by atoms with van der Waals surface area (Å²) in [6.07, 6.45) is 24.5. The summed E-state index contributed by atoms with van der Waals surface area (Å²) >= 11 is 0. The van der Waals surface area contributed by atoms with E-state index < -0.39 is 0 Å². The first-order valence-corrected chi connectivity index (χ1v) is 14.0. The van der Waals surface area contributed by atoms with Crippen LogP contribution in [0.2, 0.25) is 0 Å². The normalized spacial score (nSPS) is 14.7. The Bertz CT molecular complexity index is 806. The number of unbranched alkanes of at least 4 members (excludes halogenated alkanes) is 12. The van der Waals surface area contributed by atoms with Gasteiger partial charge in [-0.05, 0) is 30.9 Å². The molecule has 2 heterocycles. The molecule has 0 amide bonds. The zero-order chi connectivity index (χ0) is 23.8. The van der Waals surface area contributed by atoms with Crippen LogP contribution in [0.3, 0.4) is 0 Å².